The number of ether oxygens (including phenoxy) is 1. The van der Waals surface area contributed by atoms with E-state index in [0.717, 1.165) is 27.6 Å². The molecule has 10 heteroatoms. The number of carboxylic acids is 1. The van der Waals surface area contributed by atoms with Gasteiger partial charge >= 0.3 is 18.5 Å². The smallest absolute Gasteiger partial charge is 0.416 e. The molecule has 32 heavy (non-hydrogen) atoms. The molecule has 3 rings (SSSR count). The molecule has 0 radical (unpaired) electrons. The van der Waals surface area contributed by atoms with Crippen LogP contribution < -0.4 is 4.74 Å². The SMILES string of the molecule is CCc1cc(SCc2sc(-c3ccc(C(F)(F)F)cc3)nc2C)ccc1OC(F)C(=O)O. The Labute approximate surface area is 190 Å². The highest BCUT2D eigenvalue weighted by molar-refractivity contribution is 7.98. The van der Waals surface area contributed by atoms with Crippen molar-refractivity contribution in [1.82, 2.24) is 4.98 Å². The molecule has 0 aliphatic heterocycles. The summed E-state index contributed by atoms with van der Waals surface area (Å²) in [7, 11) is 0. The van der Waals surface area contributed by atoms with Gasteiger partial charge in [0.15, 0.2) is 0 Å². The molecule has 0 fully saturated rings. The van der Waals surface area contributed by atoms with Crippen molar-refractivity contribution in [2.24, 2.45) is 0 Å². The van der Waals surface area contributed by atoms with Gasteiger partial charge in [-0.1, -0.05) is 19.1 Å². The molecule has 1 unspecified atom stereocenters. The molecule has 0 aliphatic carbocycles. The number of alkyl halides is 4. The van der Waals surface area contributed by atoms with Crippen molar-refractivity contribution in [1.29, 1.82) is 0 Å². The number of benzene rings is 2. The van der Waals surface area contributed by atoms with E-state index in [1.165, 1.54) is 35.2 Å². The predicted octanol–water partition coefficient (Wildman–Crippen LogP) is 6.75. The summed E-state index contributed by atoms with van der Waals surface area (Å²) in [6.07, 6.45) is -6.27. The zero-order valence-corrected chi connectivity index (χ0v) is 18.7. The van der Waals surface area contributed by atoms with Gasteiger partial charge < -0.3 is 9.84 Å². The Morgan fingerprint density at radius 3 is 2.50 bits per heavy atom. The molecule has 0 spiro atoms. The molecule has 0 bridgehead atoms. The second-order valence-electron chi connectivity index (χ2n) is 6.79. The first-order valence-electron chi connectivity index (χ1n) is 9.51. The first-order chi connectivity index (χ1) is 15.1. The Bertz CT molecular complexity index is 1100. The number of nitrogens with zero attached hydrogens (tertiary/aromatic N) is 1. The van der Waals surface area contributed by atoms with E-state index in [4.69, 9.17) is 9.84 Å². The van der Waals surface area contributed by atoms with Crippen LogP contribution >= 0.6 is 23.1 Å². The average Bonchev–Trinajstić information content (AvgIpc) is 3.12. The standard InChI is InChI=1S/C22H19F4NO3S2/c1-3-13-10-16(8-9-17(13)30-19(23)21(28)29)31-11-18-12(2)27-20(32-18)14-4-6-15(7-5-14)22(24,25)26/h4-10,19H,3,11H2,1-2H3,(H,28,29). The molecular weight excluding hydrogens is 466 g/mol. The summed E-state index contributed by atoms with van der Waals surface area (Å²) in [5.74, 6) is -0.908. The van der Waals surface area contributed by atoms with E-state index in [9.17, 15) is 22.4 Å². The van der Waals surface area contributed by atoms with E-state index in [-0.39, 0.29) is 5.75 Å². The normalized spacial score (nSPS) is 12.6. The third kappa shape index (κ3) is 5.80. The maximum absolute atomic E-state index is 13.4. The summed E-state index contributed by atoms with van der Waals surface area (Å²) in [5, 5.41) is 9.32. The number of aromatic nitrogens is 1. The van der Waals surface area contributed by atoms with Crippen LogP contribution in [0.5, 0.6) is 5.75 Å². The highest BCUT2D eigenvalue weighted by Gasteiger charge is 2.30. The lowest BCUT2D eigenvalue weighted by molar-refractivity contribution is -0.153. The Hall–Kier alpha value is -2.59. The molecule has 1 atom stereocenters. The van der Waals surface area contributed by atoms with Crippen molar-refractivity contribution in [2.45, 2.75) is 43.5 Å². The van der Waals surface area contributed by atoms with Gasteiger partial charge in [-0.15, -0.1) is 23.1 Å². The van der Waals surface area contributed by atoms with Crippen molar-refractivity contribution < 1.29 is 32.2 Å². The topological polar surface area (TPSA) is 59.4 Å². The van der Waals surface area contributed by atoms with Crippen LogP contribution in [0.25, 0.3) is 10.6 Å². The van der Waals surface area contributed by atoms with E-state index < -0.39 is 24.1 Å². The number of aryl methyl sites for hydroxylation is 2. The Morgan fingerprint density at radius 2 is 1.91 bits per heavy atom. The number of hydrogen-bond donors (Lipinski definition) is 1. The second-order valence-corrected chi connectivity index (χ2v) is 8.92. The summed E-state index contributed by atoms with van der Waals surface area (Å²) in [5.41, 5.74) is 1.41. The third-order valence-electron chi connectivity index (χ3n) is 4.56. The van der Waals surface area contributed by atoms with Crippen LogP contribution in [0.2, 0.25) is 0 Å². The molecule has 3 aromatic rings. The molecule has 1 aromatic heterocycles. The molecule has 0 saturated heterocycles. The lowest BCUT2D eigenvalue weighted by Gasteiger charge is -2.12. The summed E-state index contributed by atoms with van der Waals surface area (Å²) >= 11 is 2.94. The Kier molecular flexibility index (Phi) is 7.45. The third-order valence-corrected chi connectivity index (χ3v) is 6.97. The fraction of sp³-hybridized carbons (Fsp3) is 0.273. The van der Waals surface area contributed by atoms with Gasteiger partial charge in [-0.3, -0.25) is 0 Å². The summed E-state index contributed by atoms with van der Waals surface area (Å²) in [6.45, 7) is 3.70. The molecule has 170 valence electrons. The zero-order valence-electron chi connectivity index (χ0n) is 17.1. The molecule has 0 amide bonds. The first-order valence-corrected chi connectivity index (χ1v) is 11.3. The van der Waals surface area contributed by atoms with Crippen LogP contribution in [-0.4, -0.2) is 22.4 Å². The minimum absolute atomic E-state index is 0.185. The van der Waals surface area contributed by atoms with Crippen LogP contribution in [0.3, 0.4) is 0 Å². The summed E-state index contributed by atoms with van der Waals surface area (Å²) in [6, 6.07) is 10.0. The molecule has 1 heterocycles. The first kappa shape index (κ1) is 24.1. The van der Waals surface area contributed by atoms with Gasteiger partial charge in [0.05, 0.1) is 11.3 Å². The fourth-order valence-corrected chi connectivity index (χ4v) is 5.01. The lowest BCUT2D eigenvalue weighted by Crippen LogP contribution is -2.21. The van der Waals surface area contributed by atoms with Crippen molar-refractivity contribution >= 4 is 29.1 Å². The van der Waals surface area contributed by atoms with Crippen LogP contribution in [0, 0.1) is 6.92 Å². The fourth-order valence-electron chi connectivity index (χ4n) is 2.83. The van der Waals surface area contributed by atoms with Crippen LogP contribution in [-0.2, 0) is 23.1 Å². The number of thioether (sulfide) groups is 1. The number of carboxylic acid groups (broad SMARTS) is 1. The van der Waals surface area contributed by atoms with Crippen molar-refractivity contribution in [2.75, 3.05) is 0 Å². The van der Waals surface area contributed by atoms with E-state index in [1.807, 2.05) is 19.9 Å². The molecule has 0 aliphatic rings. The van der Waals surface area contributed by atoms with Crippen molar-refractivity contribution in [3.05, 3.63) is 64.2 Å². The van der Waals surface area contributed by atoms with Crippen LogP contribution in [0.4, 0.5) is 17.6 Å². The molecule has 2 aromatic carbocycles. The predicted molar refractivity (Wildman–Crippen MR) is 116 cm³/mol. The van der Waals surface area contributed by atoms with Crippen LogP contribution in [0.15, 0.2) is 47.4 Å². The van der Waals surface area contributed by atoms with E-state index in [1.54, 1.807) is 12.1 Å². The number of halogens is 4. The molecular formula is C22H19F4NO3S2. The number of carbonyl (C=O) groups is 1. The lowest BCUT2D eigenvalue weighted by atomic mass is 10.1. The maximum atomic E-state index is 13.4. The largest absolute Gasteiger partial charge is 0.476 e. The van der Waals surface area contributed by atoms with Crippen molar-refractivity contribution in [3.8, 4) is 16.3 Å². The van der Waals surface area contributed by atoms with Crippen LogP contribution in [0.1, 0.15) is 28.6 Å². The summed E-state index contributed by atoms with van der Waals surface area (Å²) in [4.78, 5) is 17.0. The second kappa shape index (κ2) is 9.91. The number of rotatable bonds is 8. The number of hydrogen-bond acceptors (Lipinski definition) is 5. The highest BCUT2D eigenvalue weighted by atomic mass is 32.2. The van der Waals surface area contributed by atoms with Gasteiger partial charge in [0, 0.05) is 21.1 Å². The molecule has 1 N–H and O–H groups in total. The minimum Gasteiger partial charge on any atom is -0.476 e. The molecule has 0 saturated carbocycles. The van der Waals surface area contributed by atoms with E-state index in [0.29, 0.717) is 28.3 Å². The van der Waals surface area contributed by atoms with Gasteiger partial charge in [-0.25, -0.2) is 9.78 Å². The number of thiazole rings is 1. The van der Waals surface area contributed by atoms with E-state index in [2.05, 4.69) is 4.98 Å². The van der Waals surface area contributed by atoms with E-state index >= 15 is 0 Å². The highest BCUT2D eigenvalue weighted by Crippen LogP contribution is 2.36. The molecule has 4 nitrogen and oxygen atoms in total. The zero-order chi connectivity index (χ0) is 23.5. The summed E-state index contributed by atoms with van der Waals surface area (Å²) < 4.78 is 56.5. The Morgan fingerprint density at radius 1 is 1.22 bits per heavy atom. The van der Waals surface area contributed by atoms with Gasteiger partial charge in [0.25, 0.3) is 0 Å². The van der Waals surface area contributed by atoms with Gasteiger partial charge in [0.1, 0.15) is 10.8 Å². The maximum Gasteiger partial charge on any atom is 0.416 e. The minimum atomic E-state index is -4.38. The van der Waals surface area contributed by atoms with Gasteiger partial charge in [-0.05, 0) is 49.2 Å². The monoisotopic (exact) mass is 485 g/mol. The van der Waals surface area contributed by atoms with Gasteiger partial charge in [0.2, 0.25) is 0 Å². The Balaban J connectivity index is 1.71. The van der Waals surface area contributed by atoms with Crippen molar-refractivity contribution in [3.63, 3.8) is 0 Å². The number of aliphatic carboxylic acids is 1. The van der Waals surface area contributed by atoms with Gasteiger partial charge in [-0.2, -0.15) is 17.6 Å². The quantitative estimate of drug-likeness (QED) is 0.282. The average molecular weight is 486 g/mol.